The van der Waals surface area contributed by atoms with Gasteiger partial charge in [0.2, 0.25) is 0 Å². The summed E-state index contributed by atoms with van der Waals surface area (Å²) in [5, 5.41) is 5.53. The maximum absolute atomic E-state index is 13.7. The van der Waals surface area contributed by atoms with Crippen molar-refractivity contribution in [2.45, 2.75) is 13.5 Å². The van der Waals surface area contributed by atoms with Crippen molar-refractivity contribution in [2.75, 3.05) is 19.7 Å². The molecule has 0 aliphatic heterocycles. The molecule has 2 N–H and O–H groups in total. The van der Waals surface area contributed by atoms with Crippen molar-refractivity contribution < 1.29 is 13.9 Å². The van der Waals surface area contributed by atoms with Gasteiger partial charge in [0, 0.05) is 12.1 Å². The molecule has 1 amide bonds. The van der Waals surface area contributed by atoms with Crippen LogP contribution in [0.1, 0.15) is 12.5 Å². The van der Waals surface area contributed by atoms with Crippen LogP contribution >= 0.6 is 0 Å². The minimum absolute atomic E-state index is 0.0966. The Kier molecular flexibility index (Phi) is 6.41. The minimum atomic E-state index is -0.486. The third-order valence-electron chi connectivity index (χ3n) is 2.35. The number of halogens is 1. The highest BCUT2D eigenvalue weighted by Crippen LogP contribution is 2.22. The fraction of sp³-hybridized carbons (Fsp3) is 0.357. The van der Waals surface area contributed by atoms with E-state index in [1.165, 1.54) is 6.07 Å². The summed E-state index contributed by atoms with van der Waals surface area (Å²) in [6, 6.07) is 4.65. The molecule has 5 heteroatoms. The lowest BCUT2D eigenvalue weighted by atomic mass is 10.2. The molecule has 102 valence electrons. The van der Waals surface area contributed by atoms with Gasteiger partial charge in [0.1, 0.15) is 0 Å². The molecule has 1 aromatic carbocycles. The molecule has 0 spiro atoms. The van der Waals surface area contributed by atoms with Crippen molar-refractivity contribution in [2.24, 2.45) is 0 Å². The number of para-hydroxylation sites is 1. The number of ether oxygens (including phenoxy) is 1. The van der Waals surface area contributed by atoms with E-state index in [4.69, 9.17) is 11.2 Å². The predicted molar refractivity (Wildman–Crippen MR) is 71.1 cm³/mol. The fourth-order valence-electron chi connectivity index (χ4n) is 1.45. The molecule has 0 bridgehead atoms. The molecular formula is C14H17FN2O2. The van der Waals surface area contributed by atoms with E-state index in [2.05, 4.69) is 16.6 Å². The zero-order valence-corrected chi connectivity index (χ0v) is 10.8. The van der Waals surface area contributed by atoms with Gasteiger partial charge in [0.05, 0.1) is 6.54 Å². The van der Waals surface area contributed by atoms with E-state index in [1.54, 1.807) is 12.1 Å². The second-order valence-electron chi connectivity index (χ2n) is 3.78. The van der Waals surface area contributed by atoms with Gasteiger partial charge < -0.3 is 15.4 Å². The van der Waals surface area contributed by atoms with Gasteiger partial charge in [-0.25, -0.2) is 4.39 Å². The van der Waals surface area contributed by atoms with Crippen LogP contribution in [-0.4, -0.2) is 25.6 Å². The zero-order valence-electron chi connectivity index (χ0n) is 10.8. The Labute approximate surface area is 112 Å². The second kappa shape index (κ2) is 8.11. The summed E-state index contributed by atoms with van der Waals surface area (Å²) in [6.07, 6.45) is 5.01. The van der Waals surface area contributed by atoms with Gasteiger partial charge in [-0.1, -0.05) is 25.0 Å². The molecule has 0 saturated carbocycles. The smallest absolute Gasteiger partial charge is 0.258 e. The normalized spacial score (nSPS) is 9.74. The fourth-order valence-corrected chi connectivity index (χ4v) is 1.45. The van der Waals surface area contributed by atoms with Crippen LogP contribution in [0.5, 0.6) is 5.75 Å². The number of rotatable bonds is 7. The summed E-state index contributed by atoms with van der Waals surface area (Å²) in [5.74, 6) is 1.51. The lowest BCUT2D eigenvalue weighted by molar-refractivity contribution is -0.122. The Hall–Kier alpha value is -2.06. The van der Waals surface area contributed by atoms with Gasteiger partial charge in [0.15, 0.2) is 18.2 Å². The standard InChI is InChI=1S/C14H17FN2O2/c1-3-8-17-13(18)10-19-14-11(9-16-4-2)6-5-7-12(14)15/h1,5-7,16H,4,8-10H2,2H3,(H,17,18). The first-order valence-electron chi connectivity index (χ1n) is 6.00. The number of benzene rings is 1. The van der Waals surface area contributed by atoms with Crippen molar-refractivity contribution in [3.63, 3.8) is 0 Å². The molecule has 0 aliphatic rings. The van der Waals surface area contributed by atoms with Crippen LogP contribution in [0.2, 0.25) is 0 Å². The third kappa shape index (κ3) is 4.98. The topological polar surface area (TPSA) is 50.4 Å². The highest BCUT2D eigenvalue weighted by Gasteiger charge is 2.11. The Balaban J connectivity index is 2.65. The molecule has 0 atom stereocenters. The van der Waals surface area contributed by atoms with E-state index in [0.29, 0.717) is 12.1 Å². The molecule has 1 rings (SSSR count). The highest BCUT2D eigenvalue weighted by molar-refractivity contribution is 5.77. The van der Waals surface area contributed by atoms with Gasteiger partial charge in [-0.15, -0.1) is 6.42 Å². The second-order valence-corrected chi connectivity index (χ2v) is 3.78. The number of hydrogen-bond acceptors (Lipinski definition) is 3. The molecule has 0 fully saturated rings. The van der Waals surface area contributed by atoms with Crippen molar-refractivity contribution in [1.29, 1.82) is 0 Å². The van der Waals surface area contributed by atoms with Gasteiger partial charge in [-0.2, -0.15) is 0 Å². The maximum atomic E-state index is 13.7. The molecule has 0 heterocycles. The van der Waals surface area contributed by atoms with Gasteiger partial charge in [-0.05, 0) is 12.6 Å². The van der Waals surface area contributed by atoms with Crippen molar-refractivity contribution in [1.82, 2.24) is 10.6 Å². The lowest BCUT2D eigenvalue weighted by Crippen LogP contribution is -2.29. The summed E-state index contributed by atoms with van der Waals surface area (Å²) in [4.78, 5) is 11.3. The van der Waals surface area contributed by atoms with E-state index >= 15 is 0 Å². The molecular weight excluding hydrogens is 247 g/mol. The monoisotopic (exact) mass is 264 g/mol. The largest absolute Gasteiger partial charge is 0.480 e. The predicted octanol–water partition coefficient (Wildman–Crippen LogP) is 1.06. The Morgan fingerprint density at radius 2 is 2.32 bits per heavy atom. The highest BCUT2D eigenvalue weighted by atomic mass is 19.1. The Morgan fingerprint density at radius 1 is 1.53 bits per heavy atom. The average Bonchev–Trinajstić information content (AvgIpc) is 2.41. The van der Waals surface area contributed by atoms with Crippen molar-refractivity contribution >= 4 is 5.91 Å². The average molecular weight is 264 g/mol. The quantitative estimate of drug-likeness (QED) is 0.724. The third-order valence-corrected chi connectivity index (χ3v) is 2.35. The van der Waals surface area contributed by atoms with Gasteiger partial charge in [0.25, 0.3) is 5.91 Å². The minimum Gasteiger partial charge on any atom is -0.480 e. The summed E-state index contributed by atoms with van der Waals surface area (Å²) in [6.45, 7) is 3.06. The summed E-state index contributed by atoms with van der Waals surface area (Å²) in [7, 11) is 0. The number of carbonyl (C=O) groups excluding carboxylic acids is 1. The molecule has 0 aliphatic carbocycles. The molecule has 0 radical (unpaired) electrons. The van der Waals surface area contributed by atoms with Crippen LogP contribution in [0.4, 0.5) is 4.39 Å². The molecule has 4 nitrogen and oxygen atoms in total. The number of amides is 1. The molecule has 19 heavy (non-hydrogen) atoms. The van der Waals surface area contributed by atoms with E-state index in [0.717, 1.165) is 6.54 Å². The van der Waals surface area contributed by atoms with Crippen LogP contribution in [-0.2, 0) is 11.3 Å². The molecule has 1 aromatic rings. The first-order chi connectivity index (χ1) is 9.19. The number of carbonyl (C=O) groups is 1. The summed E-state index contributed by atoms with van der Waals surface area (Å²) in [5.41, 5.74) is 0.673. The van der Waals surface area contributed by atoms with Crippen LogP contribution < -0.4 is 15.4 Å². The van der Waals surface area contributed by atoms with E-state index in [9.17, 15) is 9.18 Å². The Bertz CT molecular complexity index is 469. The van der Waals surface area contributed by atoms with Crippen LogP contribution in [0, 0.1) is 18.2 Å². The van der Waals surface area contributed by atoms with Crippen LogP contribution in [0.25, 0.3) is 0 Å². The maximum Gasteiger partial charge on any atom is 0.258 e. The summed E-state index contributed by atoms with van der Waals surface area (Å²) < 4.78 is 18.9. The number of terminal acetylenes is 1. The number of hydrogen-bond donors (Lipinski definition) is 2. The van der Waals surface area contributed by atoms with Crippen molar-refractivity contribution in [3.8, 4) is 18.1 Å². The zero-order chi connectivity index (χ0) is 14.1. The van der Waals surface area contributed by atoms with E-state index < -0.39 is 5.82 Å². The van der Waals surface area contributed by atoms with Crippen molar-refractivity contribution in [3.05, 3.63) is 29.6 Å². The number of nitrogens with one attached hydrogen (secondary N) is 2. The van der Waals surface area contributed by atoms with Crippen LogP contribution in [0.15, 0.2) is 18.2 Å². The first-order valence-corrected chi connectivity index (χ1v) is 6.00. The SMILES string of the molecule is C#CCNC(=O)COc1c(F)cccc1CNCC. The molecule has 0 aromatic heterocycles. The van der Waals surface area contributed by atoms with Gasteiger partial charge in [-0.3, -0.25) is 4.79 Å². The first kappa shape index (κ1) is 15.0. The molecule has 0 saturated heterocycles. The van der Waals surface area contributed by atoms with Crippen LogP contribution in [0.3, 0.4) is 0 Å². The van der Waals surface area contributed by atoms with Gasteiger partial charge >= 0.3 is 0 Å². The van der Waals surface area contributed by atoms with E-state index in [-0.39, 0.29) is 24.8 Å². The molecule has 0 unspecified atom stereocenters. The van der Waals surface area contributed by atoms with E-state index in [1.807, 2.05) is 6.92 Å². The lowest BCUT2D eigenvalue weighted by Gasteiger charge is -2.12. The Morgan fingerprint density at radius 3 is 3.00 bits per heavy atom. The summed E-state index contributed by atoms with van der Waals surface area (Å²) >= 11 is 0.